The minimum absolute atomic E-state index is 0.144. The number of rotatable bonds is 6. The molecule has 0 aliphatic carbocycles. The molecule has 5 rings (SSSR count). The van der Waals surface area contributed by atoms with Gasteiger partial charge in [-0.25, -0.2) is 9.67 Å². The molecule has 0 atom stereocenters. The van der Waals surface area contributed by atoms with E-state index in [-0.39, 0.29) is 5.91 Å². The molecule has 32 heavy (non-hydrogen) atoms. The highest BCUT2D eigenvalue weighted by molar-refractivity contribution is 7.20. The summed E-state index contributed by atoms with van der Waals surface area (Å²) in [7, 11) is 0. The van der Waals surface area contributed by atoms with Crippen molar-refractivity contribution in [1.29, 1.82) is 0 Å². The van der Waals surface area contributed by atoms with Crippen LogP contribution in [0.5, 0.6) is 0 Å². The lowest BCUT2D eigenvalue weighted by molar-refractivity contribution is 0.103. The van der Waals surface area contributed by atoms with Gasteiger partial charge in [0.05, 0.1) is 23.7 Å². The highest BCUT2D eigenvalue weighted by atomic mass is 35.5. The fraction of sp³-hybridized carbons (Fsp3) is 0.130. The molecule has 7 nitrogen and oxygen atoms in total. The number of carbonyl (C=O) groups is 1. The summed E-state index contributed by atoms with van der Waals surface area (Å²) in [5, 5.41) is 13.5. The highest BCUT2D eigenvalue weighted by Gasteiger charge is 2.17. The molecule has 3 aromatic heterocycles. The molecule has 0 aliphatic heterocycles. The van der Waals surface area contributed by atoms with E-state index in [1.54, 1.807) is 11.0 Å². The normalized spacial score (nSPS) is 11.2. The van der Waals surface area contributed by atoms with Crippen molar-refractivity contribution < 1.29 is 4.79 Å². The topological polar surface area (TPSA) is 77.6 Å². The number of anilines is 1. The van der Waals surface area contributed by atoms with Gasteiger partial charge in [-0.1, -0.05) is 41.9 Å². The van der Waals surface area contributed by atoms with Crippen molar-refractivity contribution in [1.82, 2.24) is 24.5 Å². The van der Waals surface area contributed by atoms with Crippen LogP contribution in [0.3, 0.4) is 0 Å². The van der Waals surface area contributed by atoms with Gasteiger partial charge in [-0.2, -0.15) is 10.2 Å². The number of nitrogens with one attached hydrogen (secondary N) is 1. The molecular formula is C23H19ClN6OS. The first-order valence-corrected chi connectivity index (χ1v) is 11.2. The molecule has 5 aromatic rings. The van der Waals surface area contributed by atoms with Crippen molar-refractivity contribution in [2.45, 2.75) is 20.0 Å². The fourth-order valence-corrected chi connectivity index (χ4v) is 4.73. The van der Waals surface area contributed by atoms with Gasteiger partial charge in [0, 0.05) is 16.1 Å². The van der Waals surface area contributed by atoms with E-state index in [9.17, 15) is 4.79 Å². The fourth-order valence-electron chi connectivity index (χ4n) is 3.55. The minimum Gasteiger partial charge on any atom is -0.321 e. The average Bonchev–Trinajstić information content (AvgIpc) is 3.51. The molecule has 0 aliphatic rings. The maximum Gasteiger partial charge on any atom is 0.265 e. The molecule has 1 amide bonds. The van der Waals surface area contributed by atoms with Gasteiger partial charge in [-0.05, 0) is 42.3 Å². The summed E-state index contributed by atoms with van der Waals surface area (Å²) in [4.78, 5) is 18.7. The molecule has 9 heteroatoms. The maximum absolute atomic E-state index is 13.1. The predicted octanol–water partition coefficient (Wildman–Crippen LogP) is 5.00. The van der Waals surface area contributed by atoms with E-state index in [4.69, 9.17) is 11.6 Å². The Morgan fingerprint density at radius 3 is 2.72 bits per heavy atom. The summed E-state index contributed by atoms with van der Waals surface area (Å²) in [5.74, 6) is -0.144. The molecule has 0 bridgehead atoms. The third-order valence-corrected chi connectivity index (χ3v) is 6.54. The summed E-state index contributed by atoms with van der Waals surface area (Å²) < 4.78 is 3.66. The Morgan fingerprint density at radius 1 is 1.12 bits per heavy atom. The maximum atomic E-state index is 13.1. The lowest BCUT2D eigenvalue weighted by Crippen LogP contribution is -2.13. The minimum atomic E-state index is -0.144. The molecule has 2 aromatic carbocycles. The summed E-state index contributed by atoms with van der Waals surface area (Å²) in [6, 6.07) is 17.3. The van der Waals surface area contributed by atoms with Gasteiger partial charge in [-0.3, -0.25) is 9.48 Å². The number of fused-ring (bicyclic) bond motifs is 1. The number of aryl methyl sites for hydroxylation is 1. The molecule has 0 spiro atoms. The number of para-hydroxylation sites is 1. The quantitative estimate of drug-likeness (QED) is 0.385. The highest BCUT2D eigenvalue weighted by Crippen LogP contribution is 2.30. The predicted molar refractivity (Wildman–Crippen MR) is 126 cm³/mol. The van der Waals surface area contributed by atoms with E-state index in [2.05, 4.69) is 20.5 Å². The van der Waals surface area contributed by atoms with E-state index >= 15 is 0 Å². The van der Waals surface area contributed by atoms with E-state index in [0.717, 1.165) is 32.7 Å². The van der Waals surface area contributed by atoms with Crippen LogP contribution < -0.4 is 5.32 Å². The van der Waals surface area contributed by atoms with Gasteiger partial charge in [0.2, 0.25) is 0 Å². The van der Waals surface area contributed by atoms with Crippen LogP contribution in [-0.2, 0) is 13.1 Å². The van der Waals surface area contributed by atoms with E-state index in [1.165, 1.54) is 17.7 Å². The van der Waals surface area contributed by atoms with Gasteiger partial charge >= 0.3 is 0 Å². The molecule has 0 radical (unpaired) electrons. The first kappa shape index (κ1) is 20.4. The van der Waals surface area contributed by atoms with Gasteiger partial charge < -0.3 is 5.32 Å². The molecule has 0 saturated carbocycles. The molecule has 0 fully saturated rings. The summed E-state index contributed by atoms with van der Waals surface area (Å²) in [6.45, 7) is 3.10. The molecule has 1 N–H and O–H groups in total. The number of aromatic nitrogens is 5. The average molecular weight is 463 g/mol. The van der Waals surface area contributed by atoms with Crippen molar-refractivity contribution in [2.75, 3.05) is 5.32 Å². The van der Waals surface area contributed by atoms with Crippen LogP contribution in [0.15, 0.2) is 67.3 Å². The number of nitrogens with zero attached hydrogens (tertiary/aromatic N) is 5. The van der Waals surface area contributed by atoms with Crippen LogP contribution in [0, 0.1) is 6.92 Å². The summed E-state index contributed by atoms with van der Waals surface area (Å²) >= 11 is 7.44. The third-order valence-electron chi connectivity index (χ3n) is 5.14. The molecule has 0 saturated heterocycles. The Kier molecular flexibility index (Phi) is 5.46. The lowest BCUT2D eigenvalue weighted by Gasteiger charge is -2.10. The SMILES string of the molecule is Cc1nn(Cc2ccc(Cl)cc2)c2sc(C(=O)Nc3ccccc3Cn3cncn3)cc12. The zero-order chi connectivity index (χ0) is 22.1. The van der Waals surface area contributed by atoms with Crippen LogP contribution in [0.25, 0.3) is 10.2 Å². The Morgan fingerprint density at radius 2 is 1.94 bits per heavy atom. The monoisotopic (exact) mass is 462 g/mol. The van der Waals surface area contributed by atoms with Crippen molar-refractivity contribution in [3.63, 3.8) is 0 Å². The number of hydrogen-bond acceptors (Lipinski definition) is 5. The molecule has 160 valence electrons. The van der Waals surface area contributed by atoms with Crippen LogP contribution in [-0.4, -0.2) is 30.5 Å². The number of thiophene rings is 1. The van der Waals surface area contributed by atoms with Gasteiger partial charge in [-0.15, -0.1) is 11.3 Å². The van der Waals surface area contributed by atoms with Gasteiger partial charge in [0.1, 0.15) is 17.5 Å². The van der Waals surface area contributed by atoms with Crippen LogP contribution in [0.2, 0.25) is 5.02 Å². The van der Waals surface area contributed by atoms with Crippen molar-refractivity contribution >= 4 is 44.7 Å². The first-order valence-electron chi connectivity index (χ1n) is 10.00. The van der Waals surface area contributed by atoms with E-state index < -0.39 is 0 Å². The largest absolute Gasteiger partial charge is 0.321 e. The number of hydrogen-bond donors (Lipinski definition) is 1. The lowest BCUT2D eigenvalue weighted by atomic mass is 10.1. The van der Waals surface area contributed by atoms with Gasteiger partial charge in [0.15, 0.2) is 0 Å². The molecule has 3 heterocycles. The summed E-state index contributed by atoms with van der Waals surface area (Å²) in [6.07, 6.45) is 3.15. The number of amides is 1. The van der Waals surface area contributed by atoms with Crippen molar-refractivity contribution in [3.8, 4) is 0 Å². The first-order chi connectivity index (χ1) is 15.6. The zero-order valence-corrected chi connectivity index (χ0v) is 18.8. The van der Waals surface area contributed by atoms with Crippen LogP contribution in [0.1, 0.15) is 26.5 Å². The second-order valence-corrected chi connectivity index (χ2v) is 8.87. The number of benzene rings is 2. The third kappa shape index (κ3) is 4.15. The second-order valence-electron chi connectivity index (χ2n) is 7.40. The van der Waals surface area contributed by atoms with Crippen LogP contribution in [0.4, 0.5) is 5.69 Å². The van der Waals surface area contributed by atoms with Gasteiger partial charge in [0.25, 0.3) is 5.91 Å². The smallest absolute Gasteiger partial charge is 0.265 e. The Hall–Kier alpha value is -3.49. The van der Waals surface area contributed by atoms with Crippen molar-refractivity contribution in [2.24, 2.45) is 0 Å². The number of carbonyl (C=O) groups excluding carboxylic acids is 1. The van der Waals surface area contributed by atoms with Crippen molar-refractivity contribution in [3.05, 3.63) is 94.0 Å². The molecular weight excluding hydrogens is 444 g/mol. The standard InChI is InChI=1S/C23H19ClN6OS/c1-15-19-10-21(32-23(19)30(28-15)11-16-6-8-18(24)9-7-16)22(31)27-20-5-3-2-4-17(20)12-29-14-25-13-26-29/h2-10,13-14H,11-12H2,1H3,(H,27,31). The summed E-state index contributed by atoms with van der Waals surface area (Å²) in [5.41, 5.74) is 3.71. The zero-order valence-electron chi connectivity index (χ0n) is 17.2. The second kappa shape index (κ2) is 8.57. The Labute approximate surface area is 193 Å². The van der Waals surface area contributed by atoms with E-state index in [0.29, 0.717) is 23.0 Å². The van der Waals surface area contributed by atoms with Crippen LogP contribution >= 0.6 is 22.9 Å². The van der Waals surface area contributed by atoms with E-state index in [1.807, 2.05) is 66.2 Å². The number of halogens is 1. The molecule has 0 unspecified atom stereocenters. The Balaban J connectivity index is 1.40. The Bertz CT molecular complexity index is 1390.